The summed E-state index contributed by atoms with van der Waals surface area (Å²) in [6.07, 6.45) is 4.77. The smallest absolute Gasteiger partial charge is 0.247 e. The summed E-state index contributed by atoms with van der Waals surface area (Å²) in [5, 5.41) is 2.79. The van der Waals surface area contributed by atoms with Crippen LogP contribution in [0.15, 0.2) is 65.3 Å². The molecule has 0 unspecified atom stereocenters. The topological polar surface area (TPSA) is 71.8 Å². The molecular formula is C22H22N2O4S. The number of hydrogen-bond donors (Lipinski definition) is 1. The van der Waals surface area contributed by atoms with Crippen molar-refractivity contribution >= 4 is 34.9 Å². The first kappa shape index (κ1) is 20.4. The standard InChI is InChI=1S/C22H22N2O4S/c1-16-9-10-18(29-16)11-12-22(26)24(14-17-6-5-13-28-17)15-21(25)23-19-7-3-4-8-20(19)27-2/h3-13H,14-15H2,1-2H3,(H,23,25)/b12-11+. The van der Waals surface area contributed by atoms with Crippen LogP contribution in [0, 0.1) is 6.92 Å². The number of methoxy groups -OCH3 is 1. The summed E-state index contributed by atoms with van der Waals surface area (Å²) in [7, 11) is 1.54. The van der Waals surface area contributed by atoms with Crippen molar-refractivity contribution in [3.05, 3.63) is 76.4 Å². The van der Waals surface area contributed by atoms with Gasteiger partial charge in [0, 0.05) is 15.8 Å². The van der Waals surface area contributed by atoms with Gasteiger partial charge < -0.3 is 19.4 Å². The maximum Gasteiger partial charge on any atom is 0.247 e. The van der Waals surface area contributed by atoms with E-state index in [0.717, 1.165) is 4.88 Å². The van der Waals surface area contributed by atoms with Crippen molar-refractivity contribution in [2.45, 2.75) is 13.5 Å². The number of nitrogens with zero attached hydrogens (tertiary/aromatic N) is 1. The van der Waals surface area contributed by atoms with Crippen LogP contribution in [0.5, 0.6) is 5.75 Å². The summed E-state index contributed by atoms with van der Waals surface area (Å²) in [6.45, 7) is 2.08. The zero-order valence-electron chi connectivity index (χ0n) is 16.3. The molecule has 0 radical (unpaired) electrons. The Bertz CT molecular complexity index is 992. The lowest BCUT2D eigenvalue weighted by Gasteiger charge is -2.20. The maximum absolute atomic E-state index is 12.8. The fourth-order valence-corrected chi connectivity index (χ4v) is 3.50. The van der Waals surface area contributed by atoms with Crippen LogP contribution in [0.4, 0.5) is 5.69 Å². The molecule has 1 aromatic carbocycles. The van der Waals surface area contributed by atoms with E-state index in [9.17, 15) is 9.59 Å². The van der Waals surface area contributed by atoms with Crippen molar-refractivity contribution in [3.8, 4) is 5.75 Å². The number of aryl methyl sites for hydroxylation is 1. The van der Waals surface area contributed by atoms with Crippen molar-refractivity contribution in [1.29, 1.82) is 0 Å². The molecule has 0 aliphatic rings. The minimum Gasteiger partial charge on any atom is -0.495 e. The quantitative estimate of drug-likeness (QED) is 0.561. The molecule has 0 aliphatic carbocycles. The number of amides is 2. The van der Waals surface area contributed by atoms with E-state index in [-0.39, 0.29) is 24.9 Å². The van der Waals surface area contributed by atoms with Gasteiger partial charge in [-0.25, -0.2) is 0 Å². The molecule has 2 heterocycles. The molecule has 7 heteroatoms. The molecular weight excluding hydrogens is 388 g/mol. The monoisotopic (exact) mass is 410 g/mol. The Kier molecular flexibility index (Phi) is 6.86. The van der Waals surface area contributed by atoms with E-state index in [1.807, 2.05) is 25.1 Å². The van der Waals surface area contributed by atoms with Crippen molar-refractivity contribution in [2.24, 2.45) is 0 Å². The van der Waals surface area contributed by atoms with Gasteiger partial charge in [0.15, 0.2) is 0 Å². The Morgan fingerprint density at radius 1 is 1.17 bits per heavy atom. The fraction of sp³-hybridized carbons (Fsp3) is 0.182. The van der Waals surface area contributed by atoms with Gasteiger partial charge in [0.05, 0.1) is 25.6 Å². The molecule has 2 amide bonds. The van der Waals surface area contributed by atoms with Crippen LogP contribution in [0.3, 0.4) is 0 Å². The lowest BCUT2D eigenvalue weighted by Crippen LogP contribution is -2.36. The van der Waals surface area contributed by atoms with Crippen LogP contribution < -0.4 is 10.1 Å². The molecule has 0 fully saturated rings. The first-order valence-corrected chi connectivity index (χ1v) is 9.85. The fourth-order valence-electron chi connectivity index (χ4n) is 2.72. The van der Waals surface area contributed by atoms with Gasteiger partial charge in [-0.2, -0.15) is 0 Å². The number of hydrogen-bond acceptors (Lipinski definition) is 5. The number of ether oxygens (including phenoxy) is 1. The number of para-hydroxylation sites is 2. The zero-order chi connectivity index (χ0) is 20.6. The molecule has 3 aromatic rings. The summed E-state index contributed by atoms with van der Waals surface area (Å²) in [4.78, 5) is 28.9. The summed E-state index contributed by atoms with van der Waals surface area (Å²) in [5.41, 5.74) is 0.551. The highest BCUT2D eigenvalue weighted by Gasteiger charge is 2.18. The summed E-state index contributed by atoms with van der Waals surface area (Å²) in [6, 6.07) is 14.6. The zero-order valence-corrected chi connectivity index (χ0v) is 17.1. The first-order chi connectivity index (χ1) is 14.0. The molecule has 150 valence electrons. The summed E-state index contributed by atoms with van der Waals surface area (Å²) in [5.74, 6) is 0.555. The average molecular weight is 410 g/mol. The Morgan fingerprint density at radius 3 is 2.69 bits per heavy atom. The predicted octanol–water partition coefficient (Wildman–Crippen LogP) is 4.34. The Hall–Kier alpha value is -3.32. The molecule has 0 aliphatic heterocycles. The second-order valence-corrected chi connectivity index (χ2v) is 7.62. The predicted molar refractivity (Wildman–Crippen MR) is 114 cm³/mol. The summed E-state index contributed by atoms with van der Waals surface area (Å²) < 4.78 is 10.6. The van der Waals surface area contributed by atoms with Gasteiger partial charge >= 0.3 is 0 Å². The number of carbonyl (C=O) groups excluding carboxylic acids is 2. The number of nitrogens with one attached hydrogen (secondary N) is 1. The molecule has 0 atom stereocenters. The van der Waals surface area contributed by atoms with Crippen molar-refractivity contribution in [3.63, 3.8) is 0 Å². The minimum absolute atomic E-state index is 0.120. The van der Waals surface area contributed by atoms with Crippen LogP contribution >= 0.6 is 11.3 Å². The van der Waals surface area contributed by atoms with Gasteiger partial charge in [-0.1, -0.05) is 12.1 Å². The second-order valence-electron chi connectivity index (χ2n) is 6.30. The second kappa shape index (κ2) is 9.75. The molecule has 0 spiro atoms. The normalized spacial score (nSPS) is 10.8. The van der Waals surface area contributed by atoms with Crippen molar-refractivity contribution in [2.75, 3.05) is 19.0 Å². The van der Waals surface area contributed by atoms with E-state index in [1.165, 1.54) is 29.2 Å². The Balaban J connectivity index is 1.71. The minimum atomic E-state index is -0.324. The van der Waals surface area contributed by atoms with Crippen LogP contribution in [0.2, 0.25) is 0 Å². The lowest BCUT2D eigenvalue weighted by atomic mass is 10.3. The number of carbonyl (C=O) groups is 2. The Morgan fingerprint density at radius 2 is 2.00 bits per heavy atom. The van der Waals surface area contributed by atoms with Gasteiger partial charge in [-0.15, -0.1) is 11.3 Å². The average Bonchev–Trinajstić information content (AvgIpc) is 3.37. The van der Waals surface area contributed by atoms with Crippen LogP contribution in [0.1, 0.15) is 15.5 Å². The molecule has 0 saturated heterocycles. The number of anilines is 1. The van der Waals surface area contributed by atoms with Gasteiger partial charge in [0.1, 0.15) is 18.1 Å². The van der Waals surface area contributed by atoms with Gasteiger partial charge in [0.25, 0.3) is 0 Å². The Labute approximate surface area is 173 Å². The highest BCUT2D eigenvalue weighted by molar-refractivity contribution is 7.12. The van der Waals surface area contributed by atoms with E-state index >= 15 is 0 Å². The largest absolute Gasteiger partial charge is 0.495 e. The van der Waals surface area contributed by atoms with E-state index in [0.29, 0.717) is 17.2 Å². The van der Waals surface area contributed by atoms with E-state index in [4.69, 9.17) is 9.15 Å². The number of benzene rings is 1. The SMILES string of the molecule is COc1ccccc1NC(=O)CN(Cc1ccco1)C(=O)/C=C/c1ccc(C)s1. The number of rotatable bonds is 8. The maximum atomic E-state index is 12.8. The molecule has 1 N–H and O–H groups in total. The first-order valence-electron chi connectivity index (χ1n) is 9.04. The molecule has 0 saturated carbocycles. The van der Waals surface area contributed by atoms with E-state index < -0.39 is 0 Å². The molecule has 2 aromatic heterocycles. The highest BCUT2D eigenvalue weighted by atomic mass is 32.1. The lowest BCUT2D eigenvalue weighted by molar-refractivity contribution is -0.131. The van der Waals surface area contributed by atoms with Crippen LogP contribution in [0.25, 0.3) is 6.08 Å². The van der Waals surface area contributed by atoms with Crippen molar-refractivity contribution < 1.29 is 18.7 Å². The number of thiophene rings is 1. The third-order valence-electron chi connectivity index (χ3n) is 4.11. The van der Waals surface area contributed by atoms with Gasteiger partial charge in [-0.3, -0.25) is 9.59 Å². The van der Waals surface area contributed by atoms with Crippen LogP contribution in [-0.2, 0) is 16.1 Å². The third-order valence-corrected chi connectivity index (χ3v) is 5.07. The molecule has 3 rings (SSSR count). The van der Waals surface area contributed by atoms with Crippen LogP contribution in [-0.4, -0.2) is 30.4 Å². The third kappa shape index (κ3) is 5.83. The number of furan rings is 1. The van der Waals surface area contributed by atoms with Gasteiger partial charge in [-0.05, 0) is 49.4 Å². The summed E-state index contributed by atoms with van der Waals surface area (Å²) >= 11 is 1.60. The van der Waals surface area contributed by atoms with E-state index in [2.05, 4.69) is 5.32 Å². The highest BCUT2D eigenvalue weighted by Crippen LogP contribution is 2.23. The molecule has 6 nitrogen and oxygen atoms in total. The molecule has 0 bridgehead atoms. The van der Waals surface area contributed by atoms with Gasteiger partial charge in [0.2, 0.25) is 11.8 Å². The molecule has 29 heavy (non-hydrogen) atoms. The van der Waals surface area contributed by atoms with Crippen molar-refractivity contribution in [1.82, 2.24) is 4.90 Å². The van der Waals surface area contributed by atoms with E-state index in [1.54, 1.807) is 47.7 Å².